The van der Waals surface area contributed by atoms with Gasteiger partial charge in [0.25, 0.3) is 0 Å². The molecule has 2 atom stereocenters. The molecule has 0 spiro atoms. The molecular formula is C12H22N2O4S. The van der Waals surface area contributed by atoms with Gasteiger partial charge in [0.1, 0.15) is 6.10 Å². The number of ether oxygens (including phenoxy) is 1. The monoisotopic (exact) mass is 290 g/mol. The van der Waals surface area contributed by atoms with Crippen LogP contribution in [-0.2, 0) is 19.4 Å². The number of rotatable bonds is 7. The molecule has 2 aliphatic rings. The van der Waals surface area contributed by atoms with Crippen LogP contribution in [0.5, 0.6) is 0 Å². The Balaban J connectivity index is 1.66. The fourth-order valence-corrected chi connectivity index (χ4v) is 3.87. The molecular weight excluding hydrogens is 268 g/mol. The Morgan fingerprint density at radius 1 is 1.26 bits per heavy atom. The van der Waals surface area contributed by atoms with Crippen molar-refractivity contribution in [2.24, 2.45) is 11.7 Å². The Morgan fingerprint density at radius 2 is 2.00 bits per heavy atom. The van der Waals surface area contributed by atoms with Crippen LogP contribution in [0.4, 0.5) is 0 Å². The van der Waals surface area contributed by atoms with Crippen molar-refractivity contribution in [2.45, 2.75) is 37.9 Å². The van der Waals surface area contributed by atoms with Crippen LogP contribution in [-0.4, -0.2) is 51.1 Å². The van der Waals surface area contributed by atoms with Gasteiger partial charge in [0.05, 0.1) is 17.6 Å². The second kappa shape index (κ2) is 6.19. The number of amides is 1. The average Bonchev–Trinajstić information content (AvgIpc) is 3.01. The van der Waals surface area contributed by atoms with E-state index >= 15 is 0 Å². The van der Waals surface area contributed by atoms with Crippen LogP contribution in [0.3, 0.4) is 0 Å². The molecule has 1 aliphatic carbocycles. The molecule has 6 nitrogen and oxygen atoms in total. The molecule has 1 amide bonds. The maximum Gasteiger partial charge on any atom is 0.249 e. The number of carbonyl (C=O) groups is 1. The van der Waals surface area contributed by atoms with Crippen molar-refractivity contribution in [3.63, 3.8) is 0 Å². The fourth-order valence-electron chi connectivity index (χ4n) is 2.24. The highest BCUT2D eigenvalue weighted by molar-refractivity contribution is 7.91. The van der Waals surface area contributed by atoms with Gasteiger partial charge in [0.15, 0.2) is 9.84 Å². The Bertz CT molecular complexity index is 419. The third-order valence-electron chi connectivity index (χ3n) is 3.56. The Hall–Kier alpha value is -0.660. The maximum absolute atomic E-state index is 11.8. The van der Waals surface area contributed by atoms with E-state index in [1.807, 2.05) is 0 Å². The smallest absolute Gasteiger partial charge is 0.249 e. The number of hydrogen-bond acceptors (Lipinski definition) is 5. The number of sulfone groups is 1. The third-order valence-corrected chi connectivity index (χ3v) is 5.37. The van der Waals surface area contributed by atoms with Crippen molar-refractivity contribution in [1.82, 2.24) is 5.32 Å². The summed E-state index contributed by atoms with van der Waals surface area (Å²) in [5.41, 5.74) is 5.47. The molecule has 7 heteroatoms. The lowest BCUT2D eigenvalue weighted by Crippen LogP contribution is -2.38. The molecule has 1 aliphatic heterocycles. The number of nitrogens with two attached hydrogens (primary N) is 1. The SMILES string of the molecule is NC[C@H]1CC[C@@H](C(=O)NCCS(=O)(=O)CC2CC2)O1. The number of nitrogens with one attached hydrogen (secondary N) is 1. The zero-order chi connectivity index (χ0) is 13.9. The van der Waals surface area contributed by atoms with E-state index in [0.29, 0.717) is 18.9 Å². The van der Waals surface area contributed by atoms with Gasteiger partial charge in [0, 0.05) is 13.1 Å². The minimum Gasteiger partial charge on any atom is -0.364 e. The maximum atomic E-state index is 11.8. The minimum absolute atomic E-state index is 0.0161. The van der Waals surface area contributed by atoms with E-state index in [9.17, 15) is 13.2 Å². The molecule has 0 unspecified atom stereocenters. The molecule has 1 saturated heterocycles. The molecule has 3 N–H and O–H groups in total. The molecule has 0 bridgehead atoms. The van der Waals surface area contributed by atoms with E-state index in [-0.39, 0.29) is 30.1 Å². The van der Waals surface area contributed by atoms with Crippen molar-refractivity contribution in [2.75, 3.05) is 24.6 Å². The average molecular weight is 290 g/mol. The summed E-state index contributed by atoms with van der Waals surface area (Å²) < 4.78 is 28.8. The summed E-state index contributed by atoms with van der Waals surface area (Å²) in [6.07, 6.45) is 2.95. The molecule has 2 fully saturated rings. The summed E-state index contributed by atoms with van der Waals surface area (Å²) >= 11 is 0. The second-order valence-electron chi connectivity index (χ2n) is 5.41. The predicted molar refractivity (Wildman–Crippen MR) is 71.3 cm³/mol. The molecule has 1 saturated carbocycles. The predicted octanol–water partition coefficient (Wildman–Crippen LogP) is -0.566. The largest absolute Gasteiger partial charge is 0.364 e. The van der Waals surface area contributed by atoms with Crippen molar-refractivity contribution in [3.05, 3.63) is 0 Å². The molecule has 2 rings (SSSR count). The van der Waals surface area contributed by atoms with Crippen molar-refractivity contribution < 1.29 is 17.9 Å². The van der Waals surface area contributed by atoms with Crippen LogP contribution in [0.1, 0.15) is 25.7 Å². The first-order valence-corrected chi connectivity index (χ1v) is 8.66. The zero-order valence-corrected chi connectivity index (χ0v) is 11.8. The van der Waals surface area contributed by atoms with Crippen LogP contribution in [0.2, 0.25) is 0 Å². The van der Waals surface area contributed by atoms with Crippen LogP contribution in [0.25, 0.3) is 0 Å². The summed E-state index contributed by atoms with van der Waals surface area (Å²) in [7, 11) is -3.03. The van der Waals surface area contributed by atoms with Crippen LogP contribution in [0.15, 0.2) is 0 Å². The summed E-state index contributed by atoms with van der Waals surface area (Å²) in [6, 6.07) is 0. The van der Waals surface area contributed by atoms with Crippen molar-refractivity contribution >= 4 is 15.7 Å². The molecule has 0 radical (unpaired) electrons. The molecule has 19 heavy (non-hydrogen) atoms. The summed E-state index contributed by atoms with van der Waals surface area (Å²) in [5, 5.41) is 2.64. The Morgan fingerprint density at radius 3 is 2.58 bits per heavy atom. The van der Waals surface area contributed by atoms with Gasteiger partial charge in [-0.1, -0.05) is 0 Å². The number of carbonyl (C=O) groups excluding carboxylic acids is 1. The second-order valence-corrected chi connectivity index (χ2v) is 7.64. The summed E-state index contributed by atoms with van der Waals surface area (Å²) in [5.74, 6) is 0.405. The van der Waals surface area contributed by atoms with Crippen molar-refractivity contribution in [1.29, 1.82) is 0 Å². The zero-order valence-electron chi connectivity index (χ0n) is 11.0. The molecule has 110 valence electrons. The van der Waals surface area contributed by atoms with Gasteiger partial charge in [-0.2, -0.15) is 0 Å². The molecule has 1 heterocycles. The highest BCUT2D eigenvalue weighted by atomic mass is 32.2. The highest BCUT2D eigenvalue weighted by Crippen LogP contribution is 2.30. The van der Waals surface area contributed by atoms with Crippen LogP contribution >= 0.6 is 0 Å². The van der Waals surface area contributed by atoms with E-state index in [1.165, 1.54) is 0 Å². The minimum atomic E-state index is -3.03. The van der Waals surface area contributed by atoms with Gasteiger partial charge in [0.2, 0.25) is 5.91 Å². The fraction of sp³-hybridized carbons (Fsp3) is 0.917. The number of hydrogen-bond donors (Lipinski definition) is 2. The van der Waals surface area contributed by atoms with Gasteiger partial charge >= 0.3 is 0 Å². The van der Waals surface area contributed by atoms with E-state index in [2.05, 4.69) is 5.32 Å². The lowest BCUT2D eigenvalue weighted by atomic mass is 10.2. The van der Waals surface area contributed by atoms with Gasteiger partial charge in [-0.05, 0) is 31.6 Å². The van der Waals surface area contributed by atoms with E-state index in [1.54, 1.807) is 0 Å². The first-order chi connectivity index (χ1) is 9.00. The molecule has 0 aromatic rings. The van der Waals surface area contributed by atoms with E-state index in [0.717, 1.165) is 19.3 Å². The normalized spacial score (nSPS) is 27.4. The highest BCUT2D eigenvalue weighted by Gasteiger charge is 2.30. The Kier molecular flexibility index (Phi) is 4.81. The first kappa shape index (κ1) is 14.7. The Labute approximate surface area is 114 Å². The lowest BCUT2D eigenvalue weighted by molar-refractivity contribution is -0.131. The van der Waals surface area contributed by atoms with Crippen LogP contribution in [0, 0.1) is 5.92 Å². The third kappa shape index (κ3) is 4.74. The standard InChI is InChI=1S/C12H22N2O4S/c13-7-10-3-4-11(18-10)12(15)14-5-6-19(16,17)8-9-1-2-9/h9-11H,1-8,13H2,(H,14,15)/t10-,11+/m1/s1. The van der Waals surface area contributed by atoms with E-state index in [4.69, 9.17) is 10.5 Å². The molecule has 0 aromatic heterocycles. The van der Waals surface area contributed by atoms with Crippen molar-refractivity contribution in [3.8, 4) is 0 Å². The van der Waals surface area contributed by atoms with Gasteiger partial charge in [-0.15, -0.1) is 0 Å². The first-order valence-electron chi connectivity index (χ1n) is 6.84. The quantitative estimate of drug-likeness (QED) is 0.654. The van der Waals surface area contributed by atoms with Crippen LogP contribution < -0.4 is 11.1 Å². The molecule has 0 aromatic carbocycles. The summed E-state index contributed by atoms with van der Waals surface area (Å²) in [6.45, 7) is 0.584. The van der Waals surface area contributed by atoms with Gasteiger partial charge in [-0.25, -0.2) is 8.42 Å². The van der Waals surface area contributed by atoms with E-state index < -0.39 is 15.9 Å². The summed E-state index contributed by atoms with van der Waals surface area (Å²) in [4.78, 5) is 11.8. The topological polar surface area (TPSA) is 98.5 Å². The van der Waals surface area contributed by atoms with Gasteiger partial charge in [-0.3, -0.25) is 4.79 Å². The lowest BCUT2D eigenvalue weighted by Gasteiger charge is -2.12. The van der Waals surface area contributed by atoms with Gasteiger partial charge < -0.3 is 15.8 Å².